The van der Waals surface area contributed by atoms with Gasteiger partial charge in [0.15, 0.2) is 0 Å². The monoisotopic (exact) mass is 236 g/mol. The van der Waals surface area contributed by atoms with E-state index in [2.05, 4.69) is 25.3 Å². The molecule has 2 saturated heterocycles. The van der Waals surface area contributed by atoms with Crippen LogP contribution in [0.5, 0.6) is 0 Å². The number of amides is 1. The van der Waals surface area contributed by atoms with Crippen LogP contribution in [-0.4, -0.2) is 48.4 Å². The molecule has 0 aromatic carbocycles. The number of likely N-dealkylation sites (tertiary alicyclic amines) is 2. The van der Waals surface area contributed by atoms with E-state index in [1.54, 1.807) is 0 Å². The van der Waals surface area contributed by atoms with Gasteiger partial charge < -0.3 is 9.80 Å². The largest absolute Gasteiger partial charge is 0.338 e. The zero-order valence-electron chi connectivity index (χ0n) is 11.1. The first-order chi connectivity index (χ1) is 8.11. The number of nitrogens with zero attached hydrogens (tertiary/aromatic N) is 2. The highest BCUT2D eigenvalue weighted by atomic mass is 16.2. The van der Waals surface area contributed by atoms with Crippen LogP contribution >= 0.6 is 0 Å². The molecule has 2 heterocycles. The maximum absolute atomic E-state index is 12.1. The minimum atomic E-state index is 0.266. The molecule has 0 aliphatic carbocycles. The lowest BCUT2D eigenvalue weighted by molar-refractivity contribution is -0.130. The zero-order chi connectivity index (χ0) is 12.4. The summed E-state index contributed by atoms with van der Waals surface area (Å²) >= 11 is 0. The summed E-state index contributed by atoms with van der Waals surface area (Å²) < 4.78 is 0. The van der Waals surface area contributed by atoms with Crippen molar-refractivity contribution in [3.8, 4) is 0 Å². The van der Waals surface area contributed by atoms with Gasteiger partial charge in [0.05, 0.1) is 5.92 Å². The van der Waals surface area contributed by atoms with Gasteiger partial charge in [-0.2, -0.15) is 0 Å². The first-order valence-corrected chi connectivity index (χ1v) is 6.74. The molecule has 2 aliphatic heterocycles. The summed E-state index contributed by atoms with van der Waals surface area (Å²) in [7, 11) is 0. The highest BCUT2D eigenvalue weighted by molar-refractivity contribution is 5.82. The second kappa shape index (κ2) is 5.21. The lowest BCUT2D eigenvalue weighted by Crippen LogP contribution is -2.33. The lowest BCUT2D eigenvalue weighted by Gasteiger charge is -2.21. The smallest absolute Gasteiger partial charge is 0.227 e. The van der Waals surface area contributed by atoms with Crippen molar-refractivity contribution in [2.75, 3.05) is 32.7 Å². The van der Waals surface area contributed by atoms with Crippen LogP contribution in [0.25, 0.3) is 0 Å². The van der Waals surface area contributed by atoms with Gasteiger partial charge in [0.1, 0.15) is 0 Å². The molecule has 0 saturated carbocycles. The van der Waals surface area contributed by atoms with E-state index in [4.69, 9.17) is 0 Å². The molecule has 96 valence electrons. The summed E-state index contributed by atoms with van der Waals surface area (Å²) in [6, 6.07) is 0. The zero-order valence-corrected chi connectivity index (χ0v) is 11.1. The average Bonchev–Trinajstić information content (AvgIpc) is 2.78. The van der Waals surface area contributed by atoms with Crippen molar-refractivity contribution in [3.05, 3.63) is 12.7 Å². The van der Waals surface area contributed by atoms with E-state index < -0.39 is 0 Å². The summed E-state index contributed by atoms with van der Waals surface area (Å²) in [6.45, 7) is 13.1. The minimum Gasteiger partial charge on any atom is -0.338 e. The Morgan fingerprint density at radius 2 is 2.18 bits per heavy atom. The van der Waals surface area contributed by atoms with Gasteiger partial charge in [-0.25, -0.2) is 0 Å². The summed E-state index contributed by atoms with van der Waals surface area (Å²) in [5.41, 5.74) is 0. The predicted molar refractivity (Wildman–Crippen MR) is 69.7 cm³/mol. The Balaban J connectivity index is 1.84. The third kappa shape index (κ3) is 2.71. The summed E-state index contributed by atoms with van der Waals surface area (Å²) in [5, 5.41) is 0. The van der Waals surface area contributed by atoms with Crippen molar-refractivity contribution in [3.63, 3.8) is 0 Å². The molecule has 0 N–H and O–H groups in total. The fourth-order valence-corrected chi connectivity index (χ4v) is 2.98. The molecule has 1 amide bonds. The van der Waals surface area contributed by atoms with Gasteiger partial charge in [0.2, 0.25) is 5.91 Å². The molecule has 3 nitrogen and oxygen atoms in total. The number of carbonyl (C=O) groups is 1. The topological polar surface area (TPSA) is 23.6 Å². The molecule has 0 radical (unpaired) electrons. The Bertz CT molecular complexity index is 301. The minimum absolute atomic E-state index is 0.266. The molecular weight excluding hydrogens is 212 g/mol. The van der Waals surface area contributed by atoms with E-state index >= 15 is 0 Å². The average molecular weight is 236 g/mol. The summed E-state index contributed by atoms with van der Waals surface area (Å²) in [5.74, 6) is 1.93. The highest BCUT2D eigenvalue weighted by Crippen LogP contribution is 2.32. The Kier molecular flexibility index (Phi) is 3.87. The van der Waals surface area contributed by atoms with Gasteiger partial charge in [-0.3, -0.25) is 4.79 Å². The van der Waals surface area contributed by atoms with Crippen LogP contribution in [-0.2, 0) is 4.79 Å². The fraction of sp³-hybridized carbons (Fsp3) is 0.786. The summed E-state index contributed by atoms with van der Waals surface area (Å²) in [6.07, 6.45) is 3.07. The normalized spacial score (nSPS) is 29.1. The van der Waals surface area contributed by atoms with Crippen LogP contribution in [0.2, 0.25) is 0 Å². The maximum atomic E-state index is 12.1. The molecule has 2 atom stereocenters. The molecule has 0 spiro atoms. The van der Waals surface area contributed by atoms with Gasteiger partial charge in [0.25, 0.3) is 0 Å². The molecule has 0 unspecified atom stereocenters. The fourth-order valence-electron chi connectivity index (χ4n) is 2.98. The van der Waals surface area contributed by atoms with Gasteiger partial charge in [-0.1, -0.05) is 19.9 Å². The SMILES string of the molecule is C=CCN1C[C@@H]2CN(CCC(C)C)C[C@@H]2C1=O. The molecule has 0 bridgehead atoms. The first-order valence-electron chi connectivity index (χ1n) is 6.74. The van der Waals surface area contributed by atoms with Crippen LogP contribution in [0.15, 0.2) is 12.7 Å². The second-order valence-corrected chi connectivity index (χ2v) is 5.84. The maximum Gasteiger partial charge on any atom is 0.227 e. The van der Waals surface area contributed by atoms with E-state index in [1.165, 1.54) is 6.42 Å². The summed E-state index contributed by atoms with van der Waals surface area (Å²) in [4.78, 5) is 16.5. The van der Waals surface area contributed by atoms with Crippen LogP contribution in [0.4, 0.5) is 0 Å². The van der Waals surface area contributed by atoms with E-state index in [0.717, 1.165) is 38.6 Å². The Morgan fingerprint density at radius 1 is 1.41 bits per heavy atom. The molecule has 3 heteroatoms. The van der Waals surface area contributed by atoms with Crippen molar-refractivity contribution < 1.29 is 4.79 Å². The van der Waals surface area contributed by atoms with Crippen molar-refractivity contribution in [2.45, 2.75) is 20.3 Å². The molecule has 2 aliphatic rings. The van der Waals surface area contributed by atoms with Gasteiger partial charge in [0, 0.05) is 32.1 Å². The number of hydrogen-bond donors (Lipinski definition) is 0. The van der Waals surface area contributed by atoms with Crippen molar-refractivity contribution in [1.29, 1.82) is 0 Å². The van der Waals surface area contributed by atoms with E-state index in [1.807, 2.05) is 11.0 Å². The second-order valence-electron chi connectivity index (χ2n) is 5.84. The standard InChI is InChI=1S/C14H24N2O/c1-4-6-16-9-12-8-15(7-5-11(2)3)10-13(12)14(16)17/h4,11-13H,1,5-10H2,2-3H3/t12-,13-/m0/s1. The Labute approximate surface area is 104 Å². The molecule has 2 fully saturated rings. The van der Waals surface area contributed by atoms with E-state index in [-0.39, 0.29) is 5.92 Å². The number of carbonyl (C=O) groups excluding carboxylic acids is 1. The third-order valence-corrected chi connectivity index (χ3v) is 3.97. The van der Waals surface area contributed by atoms with E-state index in [9.17, 15) is 4.79 Å². The van der Waals surface area contributed by atoms with Crippen molar-refractivity contribution in [1.82, 2.24) is 9.80 Å². The van der Waals surface area contributed by atoms with Crippen LogP contribution < -0.4 is 0 Å². The van der Waals surface area contributed by atoms with Crippen molar-refractivity contribution in [2.24, 2.45) is 17.8 Å². The lowest BCUT2D eigenvalue weighted by atomic mass is 10.0. The van der Waals surface area contributed by atoms with Crippen LogP contribution in [0, 0.1) is 17.8 Å². The van der Waals surface area contributed by atoms with Gasteiger partial charge in [-0.15, -0.1) is 6.58 Å². The predicted octanol–water partition coefficient (Wildman–Crippen LogP) is 1.61. The number of rotatable bonds is 5. The quantitative estimate of drug-likeness (QED) is 0.677. The van der Waals surface area contributed by atoms with Gasteiger partial charge in [-0.05, 0) is 18.9 Å². The van der Waals surface area contributed by atoms with Gasteiger partial charge >= 0.3 is 0 Å². The molecule has 0 aromatic rings. The van der Waals surface area contributed by atoms with Crippen molar-refractivity contribution >= 4 is 5.91 Å². The third-order valence-electron chi connectivity index (χ3n) is 3.97. The first kappa shape index (κ1) is 12.6. The highest BCUT2D eigenvalue weighted by Gasteiger charge is 2.45. The molecule has 2 rings (SSSR count). The van der Waals surface area contributed by atoms with Crippen LogP contribution in [0.1, 0.15) is 20.3 Å². The molecule has 0 aromatic heterocycles. The number of fused-ring (bicyclic) bond motifs is 1. The molecule has 17 heavy (non-hydrogen) atoms. The Morgan fingerprint density at radius 3 is 2.76 bits per heavy atom. The number of hydrogen-bond acceptors (Lipinski definition) is 2. The molecular formula is C14H24N2O. The van der Waals surface area contributed by atoms with Crippen LogP contribution in [0.3, 0.4) is 0 Å². The Hall–Kier alpha value is -0.830. The van der Waals surface area contributed by atoms with E-state index in [0.29, 0.717) is 11.8 Å².